The second-order valence-corrected chi connectivity index (χ2v) is 6.69. The van der Waals surface area contributed by atoms with Crippen LogP contribution in [0.4, 0.5) is 5.13 Å². The Kier molecular flexibility index (Phi) is 4.75. The summed E-state index contributed by atoms with van der Waals surface area (Å²) in [5.74, 6) is 0.442. The smallest absolute Gasteiger partial charge is 0.249 e. The van der Waals surface area contributed by atoms with Crippen molar-refractivity contribution < 1.29 is 14.3 Å². The minimum Gasteiger partial charge on any atom is -0.496 e. The van der Waals surface area contributed by atoms with Gasteiger partial charge < -0.3 is 9.64 Å². The Hall–Kier alpha value is -2.48. The van der Waals surface area contributed by atoms with Crippen LogP contribution in [-0.4, -0.2) is 40.1 Å². The number of nitrogens with one attached hydrogen (secondary N) is 1. The van der Waals surface area contributed by atoms with Crippen molar-refractivity contribution in [3.63, 3.8) is 0 Å². The second kappa shape index (κ2) is 6.96. The molecule has 1 aromatic heterocycles. The number of amides is 2. The molecule has 1 aliphatic rings. The van der Waals surface area contributed by atoms with Gasteiger partial charge in [0.2, 0.25) is 16.9 Å². The Morgan fingerprint density at radius 2 is 2.21 bits per heavy atom. The van der Waals surface area contributed by atoms with Gasteiger partial charge in [-0.25, -0.2) is 0 Å². The summed E-state index contributed by atoms with van der Waals surface area (Å²) in [4.78, 5) is 26.4. The summed E-state index contributed by atoms with van der Waals surface area (Å²) in [6, 6.07) is 6.99. The van der Waals surface area contributed by atoms with Crippen LogP contribution in [0.1, 0.15) is 23.4 Å². The molecule has 1 saturated heterocycles. The summed E-state index contributed by atoms with van der Waals surface area (Å²) in [7, 11) is 1.59. The molecule has 2 amide bonds. The zero-order valence-corrected chi connectivity index (χ0v) is 14.3. The predicted octanol–water partition coefficient (Wildman–Crippen LogP) is 1.98. The molecule has 0 aliphatic carbocycles. The lowest BCUT2D eigenvalue weighted by atomic mass is 10.1. The third-order valence-electron chi connectivity index (χ3n) is 3.92. The van der Waals surface area contributed by atoms with E-state index in [2.05, 4.69) is 15.5 Å². The molecule has 1 atom stereocenters. The van der Waals surface area contributed by atoms with Crippen molar-refractivity contribution in [2.24, 2.45) is 0 Å². The number of carbonyl (C=O) groups is 2. The normalized spacial score (nSPS) is 17.2. The quantitative estimate of drug-likeness (QED) is 0.895. The van der Waals surface area contributed by atoms with Crippen molar-refractivity contribution in [2.45, 2.75) is 32.4 Å². The highest BCUT2D eigenvalue weighted by molar-refractivity contribution is 7.15. The lowest BCUT2D eigenvalue weighted by Crippen LogP contribution is -2.41. The summed E-state index contributed by atoms with van der Waals surface area (Å²) >= 11 is 1.31. The Morgan fingerprint density at radius 3 is 2.92 bits per heavy atom. The van der Waals surface area contributed by atoms with Gasteiger partial charge in [-0.1, -0.05) is 29.5 Å². The van der Waals surface area contributed by atoms with Crippen molar-refractivity contribution in [3.8, 4) is 5.75 Å². The number of anilines is 1. The van der Waals surface area contributed by atoms with Crippen LogP contribution < -0.4 is 10.1 Å². The number of benzene rings is 1. The van der Waals surface area contributed by atoms with Gasteiger partial charge in [-0.15, -0.1) is 10.2 Å². The van der Waals surface area contributed by atoms with Crippen LogP contribution in [0, 0.1) is 6.92 Å². The third-order valence-corrected chi connectivity index (χ3v) is 4.67. The highest BCUT2D eigenvalue weighted by Crippen LogP contribution is 2.27. The molecular formula is C16H18N4O3S. The minimum absolute atomic E-state index is 0.0329. The average molecular weight is 346 g/mol. The van der Waals surface area contributed by atoms with E-state index in [0.29, 0.717) is 30.3 Å². The topological polar surface area (TPSA) is 84.4 Å². The van der Waals surface area contributed by atoms with Crippen molar-refractivity contribution >= 4 is 28.3 Å². The van der Waals surface area contributed by atoms with Gasteiger partial charge in [0.25, 0.3) is 0 Å². The van der Waals surface area contributed by atoms with E-state index in [1.807, 2.05) is 31.2 Å². The van der Waals surface area contributed by atoms with Gasteiger partial charge in [0, 0.05) is 12.0 Å². The predicted molar refractivity (Wildman–Crippen MR) is 89.8 cm³/mol. The van der Waals surface area contributed by atoms with Gasteiger partial charge in [0.05, 0.1) is 13.7 Å². The van der Waals surface area contributed by atoms with Crippen LogP contribution in [-0.2, 0) is 16.1 Å². The fourth-order valence-corrected chi connectivity index (χ4v) is 3.35. The number of hydrogen-bond acceptors (Lipinski definition) is 6. The lowest BCUT2D eigenvalue weighted by molar-refractivity contribution is -0.133. The van der Waals surface area contributed by atoms with Gasteiger partial charge in [-0.3, -0.25) is 14.9 Å². The Labute approximate surface area is 143 Å². The molecule has 1 N–H and O–H groups in total. The fourth-order valence-electron chi connectivity index (χ4n) is 2.76. The van der Waals surface area contributed by atoms with E-state index in [1.54, 1.807) is 12.0 Å². The first kappa shape index (κ1) is 16.4. The zero-order chi connectivity index (χ0) is 17.1. The van der Waals surface area contributed by atoms with E-state index in [9.17, 15) is 9.59 Å². The molecule has 0 spiro atoms. The molecule has 0 radical (unpaired) electrons. The highest BCUT2D eigenvalue weighted by atomic mass is 32.1. The molecule has 7 nitrogen and oxygen atoms in total. The Morgan fingerprint density at radius 1 is 1.42 bits per heavy atom. The molecule has 2 aromatic rings. The summed E-state index contributed by atoms with van der Waals surface area (Å²) in [5, 5.41) is 11.8. The summed E-state index contributed by atoms with van der Waals surface area (Å²) in [6.45, 7) is 2.16. The molecule has 3 rings (SSSR count). The summed E-state index contributed by atoms with van der Waals surface area (Å²) < 4.78 is 5.33. The van der Waals surface area contributed by atoms with E-state index in [-0.39, 0.29) is 11.8 Å². The molecule has 0 saturated carbocycles. The molecule has 8 heteroatoms. The molecule has 1 fully saturated rings. The molecule has 126 valence electrons. The summed E-state index contributed by atoms with van der Waals surface area (Å²) in [5.41, 5.74) is 0.875. The van der Waals surface area contributed by atoms with Crippen LogP contribution in [0.5, 0.6) is 5.75 Å². The van der Waals surface area contributed by atoms with E-state index >= 15 is 0 Å². The number of nitrogens with zero attached hydrogens (tertiary/aromatic N) is 3. The molecule has 0 unspecified atom stereocenters. The number of ether oxygens (including phenoxy) is 1. The van der Waals surface area contributed by atoms with Crippen LogP contribution in [0.25, 0.3) is 0 Å². The SMILES string of the molecule is COc1ccccc1CN1C(=O)CC[C@@H]1C(=O)Nc1nnc(C)s1. The maximum absolute atomic E-state index is 12.5. The van der Waals surface area contributed by atoms with Gasteiger partial charge in [0.1, 0.15) is 16.8 Å². The number of methoxy groups -OCH3 is 1. The largest absolute Gasteiger partial charge is 0.496 e. The highest BCUT2D eigenvalue weighted by Gasteiger charge is 2.36. The van der Waals surface area contributed by atoms with Gasteiger partial charge in [0.15, 0.2) is 0 Å². The van der Waals surface area contributed by atoms with Crippen LogP contribution in [0.2, 0.25) is 0 Å². The van der Waals surface area contributed by atoms with Gasteiger partial charge >= 0.3 is 0 Å². The van der Waals surface area contributed by atoms with E-state index < -0.39 is 6.04 Å². The Bertz CT molecular complexity index is 761. The first-order chi connectivity index (χ1) is 11.6. The van der Waals surface area contributed by atoms with Crippen molar-refractivity contribution in [3.05, 3.63) is 34.8 Å². The van der Waals surface area contributed by atoms with Crippen LogP contribution >= 0.6 is 11.3 Å². The van der Waals surface area contributed by atoms with E-state index in [0.717, 1.165) is 10.6 Å². The van der Waals surface area contributed by atoms with Crippen molar-refractivity contribution in [2.75, 3.05) is 12.4 Å². The third kappa shape index (κ3) is 3.38. The van der Waals surface area contributed by atoms with Crippen LogP contribution in [0.3, 0.4) is 0 Å². The first-order valence-electron chi connectivity index (χ1n) is 7.61. The number of hydrogen-bond donors (Lipinski definition) is 1. The molecule has 2 heterocycles. The lowest BCUT2D eigenvalue weighted by Gasteiger charge is -2.24. The van der Waals surface area contributed by atoms with E-state index in [1.165, 1.54) is 11.3 Å². The van der Waals surface area contributed by atoms with Gasteiger partial charge in [-0.2, -0.15) is 0 Å². The monoisotopic (exact) mass is 346 g/mol. The van der Waals surface area contributed by atoms with Crippen LogP contribution in [0.15, 0.2) is 24.3 Å². The molecule has 24 heavy (non-hydrogen) atoms. The number of para-hydroxylation sites is 1. The molecule has 1 aliphatic heterocycles. The number of aromatic nitrogens is 2. The van der Waals surface area contributed by atoms with E-state index in [4.69, 9.17) is 4.74 Å². The second-order valence-electron chi connectivity index (χ2n) is 5.50. The minimum atomic E-state index is -0.508. The number of likely N-dealkylation sites (tertiary alicyclic amines) is 1. The first-order valence-corrected chi connectivity index (χ1v) is 8.42. The zero-order valence-electron chi connectivity index (χ0n) is 13.5. The average Bonchev–Trinajstić information content (AvgIpc) is 3.14. The molecule has 1 aromatic carbocycles. The van der Waals surface area contributed by atoms with Gasteiger partial charge in [-0.05, 0) is 19.4 Å². The summed E-state index contributed by atoms with van der Waals surface area (Å²) in [6.07, 6.45) is 0.861. The Balaban J connectivity index is 1.75. The molecule has 0 bridgehead atoms. The number of rotatable bonds is 5. The van der Waals surface area contributed by atoms with Crippen molar-refractivity contribution in [1.82, 2.24) is 15.1 Å². The molecular weight excluding hydrogens is 328 g/mol. The fraction of sp³-hybridized carbons (Fsp3) is 0.375. The maximum atomic E-state index is 12.5. The maximum Gasteiger partial charge on any atom is 0.249 e. The number of aryl methyl sites for hydroxylation is 1. The number of carbonyl (C=O) groups excluding carboxylic acids is 2. The standard InChI is InChI=1S/C16H18N4O3S/c1-10-18-19-16(24-10)17-15(22)12-7-8-14(21)20(12)9-11-5-3-4-6-13(11)23-2/h3-6,12H,7-9H2,1-2H3,(H,17,19,22)/t12-/m1/s1. The van der Waals surface area contributed by atoms with Crippen molar-refractivity contribution in [1.29, 1.82) is 0 Å².